The smallest absolute Gasteiger partial charge is 0.00134 e. The molecule has 0 aromatic rings. The van der Waals surface area contributed by atoms with E-state index in [1.807, 2.05) is 0 Å². The Hall–Kier alpha value is -0.0800. The Bertz CT molecular complexity index is 259. The van der Waals surface area contributed by atoms with Gasteiger partial charge in [-0.25, -0.2) is 0 Å². The van der Waals surface area contributed by atoms with Crippen molar-refractivity contribution in [2.45, 2.75) is 71.6 Å². The fraction of sp³-hybridized carbons (Fsp3) is 1.00. The van der Waals surface area contributed by atoms with E-state index in [2.05, 4.69) is 18.7 Å². The lowest BCUT2D eigenvalue weighted by atomic mass is 9.77. The summed E-state index contributed by atoms with van der Waals surface area (Å²) in [4.78, 5) is 2.73. The van der Waals surface area contributed by atoms with Crippen molar-refractivity contribution in [2.75, 3.05) is 26.2 Å². The van der Waals surface area contributed by atoms with Crippen LogP contribution in [0.4, 0.5) is 0 Å². The molecule has 2 fully saturated rings. The van der Waals surface area contributed by atoms with Gasteiger partial charge in [-0.15, -0.1) is 0 Å². The molecule has 1 aliphatic heterocycles. The topological polar surface area (TPSA) is 29.3 Å². The van der Waals surface area contributed by atoms with Crippen molar-refractivity contribution in [1.82, 2.24) is 4.90 Å². The predicted octanol–water partition coefficient (Wildman–Crippen LogP) is 4.04. The first-order valence-corrected chi connectivity index (χ1v) is 9.08. The maximum atomic E-state index is 5.74. The molecular weight excluding hydrogens is 244 g/mol. The number of likely N-dealkylation sites (tertiary alicyclic amines) is 1. The van der Waals surface area contributed by atoms with Gasteiger partial charge in [0.1, 0.15) is 0 Å². The van der Waals surface area contributed by atoms with Crippen molar-refractivity contribution in [3.8, 4) is 0 Å². The van der Waals surface area contributed by atoms with Crippen molar-refractivity contribution in [3.63, 3.8) is 0 Å². The lowest BCUT2D eigenvalue weighted by Gasteiger charge is -2.39. The molecule has 1 saturated carbocycles. The molecule has 1 spiro atoms. The molecule has 1 unspecified atom stereocenters. The minimum atomic E-state index is 0.774. The van der Waals surface area contributed by atoms with Crippen LogP contribution in [0, 0.1) is 17.3 Å². The molecule has 2 heteroatoms. The molecule has 0 amide bonds. The maximum Gasteiger partial charge on any atom is -0.00134 e. The van der Waals surface area contributed by atoms with Gasteiger partial charge in [-0.05, 0) is 88.4 Å². The van der Waals surface area contributed by atoms with E-state index in [1.165, 1.54) is 77.4 Å². The van der Waals surface area contributed by atoms with E-state index in [-0.39, 0.29) is 0 Å². The molecule has 2 rings (SSSR count). The molecule has 2 nitrogen and oxygen atoms in total. The molecule has 0 radical (unpaired) electrons. The summed E-state index contributed by atoms with van der Waals surface area (Å²) in [5, 5.41) is 0. The zero-order valence-corrected chi connectivity index (χ0v) is 13.9. The third-order valence-electron chi connectivity index (χ3n) is 6.11. The second-order valence-electron chi connectivity index (χ2n) is 7.77. The summed E-state index contributed by atoms with van der Waals surface area (Å²) in [6.45, 7) is 9.61. The van der Waals surface area contributed by atoms with Crippen molar-refractivity contribution in [2.24, 2.45) is 23.0 Å². The maximum absolute atomic E-state index is 5.74. The highest BCUT2D eigenvalue weighted by Gasteiger charge is 2.36. The van der Waals surface area contributed by atoms with Gasteiger partial charge >= 0.3 is 0 Å². The normalized spacial score (nSPS) is 24.6. The first kappa shape index (κ1) is 16.3. The molecule has 1 aliphatic carbocycles. The third kappa shape index (κ3) is 4.46. The highest BCUT2D eigenvalue weighted by molar-refractivity contribution is 4.89. The summed E-state index contributed by atoms with van der Waals surface area (Å²) in [6.07, 6.45) is 12.9. The molecule has 20 heavy (non-hydrogen) atoms. The largest absolute Gasteiger partial charge is 0.330 e. The number of nitrogens with zero attached hydrogens (tertiary/aromatic N) is 1. The molecule has 1 saturated heterocycles. The summed E-state index contributed by atoms with van der Waals surface area (Å²) in [5.74, 6) is 1.63. The Morgan fingerprint density at radius 1 is 1.00 bits per heavy atom. The molecule has 0 aromatic heterocycles. The Balaban J connectivity index is 1.63. The average molecular weight is 280 g/mol. The van der Waals surface area contributed by atoms with Gasteiger partial charge in [-0.3, -0.25) is 0 Å². The second kappa shape index (κ2) is 7.79. The summed E-state index contributed by atoms with van der Waals surface area (Å²) in [7, 11) is 0. The molecular formula is C18H36N2. The Morgan fingerprint density at radius 2 is 1.65 bits per heavy atom. The van der Waals surface area contributed by atoms with E-state index in [1.54, 1.807) is 0 Å². The number of hydrogen-bond donors (Lipinski definition) is 1. The van der Waals surface area contributed by atoms with Crippen LogP contribution < -0.4 is 5.73 Å². The molecule has 0 bridgehead atoms. The van der Waals surface area contributed by atoms with Crippen molar-refractivity contribution in [1.29, 1.82) is 0 Å². The van der Waals surface area contributed by atoms with Crippen LogP contribution in [0.2, 0.25) is 0 Å². The third-order valence-corrected chi connectivity index (χ3v) is 6.11. The number of hydrogen-bond acceptors (Lipinski definition) is 2. The van der Waals surface area contributed by atoms with Crippen LogP contribution in [-0.4, -0.2) is 31.1 Å². The monoisotopic (exact) mass is 280 g/mol. The molecule has 2 aliphatic rings. The minimum absolute atomic E-state index is 0.774. The number of rotatable bonds is 7. The summed E-state index contributed by atoms with van der Waals surface area (Å²) >= 11 is 0. The van der Waals surface area contributed by atoms with Crippen LogP contribution in [0.25, 0.3) is 0 Å². The number of piperidine rings is 1. The Labute approximate surface area is 126 Å². The standard InChI is InChI=1S/C18H36N2/c1-16(2)17(7-12-19)6-5-13-20-14-10-18(11-15-20)8-3-4-9-18/h16-17H,3-15,19H2,1-2H3. The summed E-state index contributed by atoms with van der Waals surface area (Å²) in [6, 6.07) is 0. The Kier molecular flexibility index (Phi) is 6.35. The van der Waals surface area contributed by atoms with Gasteiger partial charge in [0.2, 0.25) is 0 Å². The Morgan fingerprint density at radius 3 is 2.20 bits per heavy atom. The zero-order chi connectivity index (χ0) is 14.4. The van der Waals surface area contributed by atoms with Crippen LogP contribution in [-0.2, 0) is 0 Å². The zero-order valence-electron chi connectivity index (χ0n) is 13.9. The molecule has 118 valence electrons. The van der Waals surface area contributed by atoms with E-state index in [9.17, 15) is 0 Å². The minimum Gasteiger partial charge on any atom is -0.330 e. The van der Waals surface area contributed by atoms with Gasteiger partial charge in [0.15, 0.2) is 0 Å². The quantitative estimate of drug-likeness (QED) is 0.762. The van der Waals surface area contributed by atoms with Crippen molar-refractivity contribution < 1.29 is 0 Å². The van der Waals surface area contributed by atoms with Gasteiger partial charge < -0.3 is 10.6 Å². The van der Waals surface area contributed by atoms with E-state index in [0.717, 1.165) is 23.8 Å². The van der Waals surface area contributed by atoms with E-state index < -0.39 is 0 Å². The van der Waals surface area contributed by atoms with Gasteiger partial charge in [-0.2, -0.15) is 0 Å². The highest BCUT2D eigenvalue weighted by Crippen LogP contribution is 2.46. The van der Waals surface area contributed by atoms with Crippen LogP contribution in [0.15, 0.2) is 0 Å². The molecule has 1 heterocycles. The first-order valence-electron chi connectivity index (χ1n) is 9.08. The van der Waals surface area contributed by atoms with E-state index in [0.29, 0.717) is 0 Å². The van der Waals surface area contributed by atoms with Crippen LogP contribution in [0.5, 0.6) is 0 Å². The van der Waals surface area contributed by atoms with Gasteiger partial charge in [0.05, 0.1) is 0 Å². The van der Waals surface area contributed by atoms with Crippen LogP contribution in [0.1, 0.15) is 71.6 Å². The molecule has 2 N–H and O–H groups in total. The predicted molar refractivity (Wildman–Crippen MR) is 87.8 cm³/mol. The number of nitrogens with two attached hydrogens (primary N) is 1. The molecule has 1 atom stereocenters. The van der Waals surface area contributed by atoms with Crippen molar-refractivity contribution >= 4 is 0 Å². The fourth-order valence-corrected chi connectivity index (χ4v) is 4.48. The first-order chi connectivity index (χ1) is 9.65. The van der Waals surface area contributed by atoms with E-state index >= 15 is 0 Å². The van der Waals surface area contributed by atoms with Crippen LogP contribution >= 0.6 is 0 Å². The summed E-state index contributed by atoms with van der Waals surface area (Å²) in [5.41, 5.74) is 6.51. The van der Waals surface area contributed by atoms with Gasteiger partial charge in [0, 0.05) is 0 Å². The lowest BCUT2D eigenvalue weighted by Crippen LogP contribution is -2.39. The van der Waals surface area contributed by atoms with Gasteiger partial charge in [-0.1, -0.05) is 26.7 Å². The van der Waals surface area contributed by atoms with E-state index in [4.69, 9.17) is 5.73 Å². The second-order valence-corrected chi connectivity index (χ2v) is 7.77. The van der Waals surface area contributed by atoms with Gasteiger partial charge in [0.25, 0.3) is 0 Å². The fourth-order valence-electron chi connectivity index (χ4n) is 4.48. The van der Waals surface area contributed by atoms with Crippen molar-refractivity contribution in [3.05, 3.63) is 0 Å². The lowest BCUT2D eigenvalue weighted by molar-refractivity contribution is 0.105. The van der Waals surface area contributed by atoms with Crippen LogP contribution in [0.3, 0.4) is 0 Å². The molecule has 0 aromatic carbocycles. The average Bonchev–Trinajstić information content (AvgIpc) is 2.88. The summed E-state index contributed by atoms with van der Waals surface area (Å²) < 4.78 is 0. The highest BCUT2D eigenvalue weighted by atomic mass is 15.1. The SMILES string of the molecule is CC(C)C(CCN)CCCN1CCC2(CCCC2)CC1.